The van der Waals surface area contributed by atoms with E-state index >= 15 is 0 Å². The molecule has 1 heterocycles. The van der Waals surface area contributed by atoms with Crippen LogP contribution >= 0.6 is 0 Å². The fraction of sp³-hybridized carbons (Fsp3) is 0.579. The lowest BCUT2D eigenvalue weighted by molar-refractivity contribution is -0.128. The van der Waals surface area contributed by atoms with Gasteiger partial charge in [0.05, 0.1) is 5.69 Å². The van der Waals surface area contributed by atoms with Crippen LogP contribution in [0.1, 0.15) is 32.6 Å². The van der Waals surface area contributed by atoms with E-state index in [0.717, 1.165) is 25.1 Å². The Labute approximate surface area is 159 Å². The van der Waals surface area contributed by atoms with Gasteiger partial charge in [-0.25, -0.2) is 4.68 Å². The van der Waals surface area contributed by atoms with Crippen LogP contribution in [-0.2, 0) is 4.79 Å². The third kappa shape index (κ3) is 5.26. The summed E-state index contributed by atoms with van der Waals surface area (Å²) in [5.41, 5.74) is 0.832. The van der Waals surface area contributed by atoms with Crippen molar-refractivity contribution in [3.05, 3.63) is 30.6 Å². The van der Waals surface area contributed by atoms with E-state index < -0.39 is 6.10 Å². The Morgan fingerprint density at radius 3 is 2.70 bits per heavy atom. The first kappa shape index (κ1) is 19.3. The van der Waals surface area contributed by atoms with Gasteiger partial charge in [0, 0.05) is 12.6 Å². The van der Waals surface area contributed by atoms with Crippen molar-refractivity contribution < 1.29 is 9.53 Å². The van der Waals surface area contributed by atoms with Gasteiger partial charge >= 0.3 is 0 Å². The van der Waals surface area contributed by atoms with Crippen LogP contribution in [0.5, 0.6) is 5.75 Å². The van der Waals surface area contributed by atoms with Crippen LogP contribution in [0.2, 0.25) is 0 Å². The van der Waals surface area contributed by atoms with Gasteiger partial charge in [-0.15, -0.1) is 5.10 Å². The first-order chi connectivity index (χ1) is 13.0. The van der Waals surface area contributed by atoms with Crippen molar-refractivity contribution in [2.24, 2.45) is 5.92 Å². The minimum absolute atomic E-state index is 0.0600. The molecule has 0 bridgehead atoms. The number of carbonyl (C=O) groups excluding carboxylic acids is 1. The Kier molecular flexibility index (Phi) is 6.39. The van der Waals surface area contributed by atoms with E-state index in [1.165, 1.54) is 19.2 Å². The number of rotatable bonds is 7. The second-order valence-corrected chi connectivity index (χ2v) is 7.43. The van der Waals surface area contributed by atoms with Gasteiger partial charge in [-0.1, -0.05) is 12.8 Å². The van der Waals surface area contributed by atoms with Gasteiger partial charge in [-0.05, 0) is 74.5 Å². The van der Waals surface area contributed by atoms with Crippen LogP contribution in [0.15, 0.2) is 30.6 Å². The molecule has 0 radical (unpaired) electrons. The Hall–Kier alpha value is -2.48. The number of nitrogens with one attached hydrogen (secondary N) is 1. The van der Waals surface area contributed by atoms with Crippen molar-refractivity contribution in [1.29, 1.82) is 0 Å². The minimum Gasteiger partial charge on any atom is -0.481 e. The molecule has 3 rings (SSSR count). The number of aromatic nitrogens is 4. The molecule has 1 amide bonds. The summed E-state index contributed by atoms with van der Waals surface area (Å²) in [5, 5.41) is 14.3. The normalized spacial score (nSPS) is 21.0. The highest BCUT2D eigenvalue weighted by atomic mass is 16.5. The second-order valence-electron chi connectivity index (χ2n) is 7.43. The molecule has 1 N–H and O–H groups in total. The molecule has 146 valence electrons. The Balaban J connectivity index is 1.55. The highest BCUT2D eigenvalue weighted by Crippen LogP contribution is 2.25. The number of carbonyl (C=O) groups is 1. The smallest absolute Gasteiger partial charge is 0.261 e. The van der Waals surface area contributed by atoms with E-state index in [1.807, 2.05) is 24.3 Å². The molecule has 0 aliphatic heterocycles. The van der Waals surface area contributed by atoms with Gasteiger partial charge in [-0.3, -0.25) is 4.79 Å². The standard InChI is InChI=1S/C19H28N6O2/c1-14(19(26)21-18-7-5-4-6-15(18)12-24(2)3)27-17-10-8-16(9-11-17)25-13-20-22-23-25/h8-11,13-15,18H,4-7,12H2,1-3H3,(H,21,26). The molecule has 1 aliphatic carbocycles. The zero-order chi connectivity index (χ0) is 19.2. The predicted molar refractivity (Wildman–Crippen MR) is 102 cm³/mol. The Bertz CT molecular complexity index is 716. The number of nitrogens with zero attached hydrogens (tertiary/aromatic N) is 5. The summed E-state index contributed by atoms with van der Waals surface area (Å²) in [7, 11) is 4.16. The summed E-state index contributed by atoms with van der Waals surface area (Å²) in [4.78, 5) is 14.8. The average Bonchev–Trinajstić information content (AvgIpc) is 3.18. The number of tetrazole rings is 1. The van der Waals surface area contributed by atoms with Crippen molar-refractivity contribution >= 4 is 5.91 Å². The summed E-state index contributed by atoms with van der Waals surface area (Å²) in [6.07, 6.45) is 5.59. The van der Waals surface area contributed by atoms with Crippen molar-refractivity contribution in [2.75, 3.05) is 20.6 Å². The maximum Gasteiger partial charge on any atom is 0.261 e. The third-order valence-corrected chi connectivity index (χ3v) is 4.97. The van der Waals surface area contributed by atoms with E-state index in [9.17, 15) is 4.79 Å². The molecule has 0 saturated heterocycles. The quantitative estimate of drug-likeness (QED) is 0.796. The minimum atomic E-state index is -0.550. The van der Waals surface area contributed by atoms with Crippen molar-refractivity contribution in [2.45, 2.75) is 44.8 Å². The van der Waals surface area contributed by atoms with Crippen LogP contribution in [0, 0.1) is 5.92 Å². The molecule has 1 aromatic carbocycles. The van der Waals surface area contributed by atoms with E-state index in [-0.39, 0.29) is 11.9 Å². The van der Waals surface area contributed by atoms with Gasteiger partial charge in [0.1, 0.15) is 12.1 Å². The number of benzene rings is 1. The lowest BCUT2D eigenvalue weighted by Gasteiger charge is -2.34. The summed E-state index contributed by atoms with van der Waals surface area (Å²) < 4.78 is 7.39. The lowest BCUT2D eigenvalue weighted by Crippen LogP contribution is -2.49. The summed E-state index contributed by atoms with van der Waals surface area (Å²) >= 11 is 0. The second kappa shape index (κ2) is 8.94. The van der Waals surface area contributed by atoms with Crippen LogP contribution in [-0.4, -0.2) is 63.8 Å². The average molecular weight is 372 g/mol. The number of hydrogen-bond acceptors (Lipinski definition) is 6. The molecular formula is C19H28N6O2. The van der Waals surface area contributed by atoms with E-state index in [1.54, 1.807) is 11.6 Å². The first-order valence-electron chi connectivity index (χ1n) is 9.48. The monoisotopic (exact) mass is 372 g/mol. The highest BCUT2D eigenvalue weighted by molar-refractivity contribution is 5.81. The van der Waals surface area contributed by atoms with Crippen molar-refractivity contribution in [3.8, 4) is 11.4 Å². The maximum atomic E-state index is 12.6. The van der Waals surface area contributed by atoms with Crippen LogP contribution in [0.4, 0.5) is 0 Å². The number of ether oxygens (including phenoxy) is 1. The van der Waals surface area contributed by atoms with Crippen LogP contribution in [0.3, 0.4) is 0 Å². The predicted octanol–water partition coefficient (Wildman–Crippen LogP) is 1.67. The molecule has 0 spiro atoms. The molecule has 3 atom stereocenters. The topological polar surface area (TPSA) is 85.2 Å². The summed E-state index contributed by atoms with van der Waals surface area (Å²) in [5.74, 6) is 1.08. The molecule has 1 saturated carbocycles. The zero-order valence-corrected chi connectivity index (χ0v) is 16.2. The van der Waals surface area contributed by atoms with Gasteiger partial charge in [0.2, 0.25) is 0 Å². The largest absolute Gasteiger partial charge is 0.481 e. The number of amides is 1. The fourth-order valence-corrected chi connectivity index (χ4v) is 3.60. The van der Waals surface area contributed by atoms with Crippen molar-refractivity contribution in [1.82, 2.24) is 30.4 Å². The highest BCUT2D eigenvalue weighted by Gasteiger charge is 2.28. The van der Waals surface area contributed by atoms with E-state index in [2.05, 4.69) is 39.8 Å². The molecule has 8 heteroatoms. The maximum absolute atomic E-state index is 12.6. The number of hydrogen-bond donors (Lipinski definition) is 1. The lowest BCUT2D eigenvalue weighted by atomic mass is 9.84. The van der Waals surface area contributed by atoms with Gasteiger partial charge in [-0.2, -0.15) is 0 Å². The van der Waals surface area contributed by atoms with E-state index in [4.69, 9.17) is 4.74 Å². The van der Waals surface area contributed by atoms with Gasteiger partial charge < -0.3 is 15.0 Å². The summed E-state index contributed by atoms with van der Waals surface area (Å²) in [6.45, 7) is 2.78. The van der Waals surface area contributed by atoms with E-state index in [0.29, 0.717) is 11.7 Å². The van der Waals surface area contributed by atoms with Gasteiger partial charge in [0.25, 0.3) is 5.91 Å². The zero-order valence-electron chi connectivity index (χ0n) is 16.2. The molecule has 8 nitrogen and oxygen atoms in total. The van der Waals surface area contributed by atoms with Crippen LogP contribution in [0.25, 0.3) is 5.69 Å². The molecule has 3 unspecified atom stereocenters. The SMILES string of the molecule is CC(Oc1ccc(-n2cnnn2)cc1)C(=O)NC1CCCCC1CN(C)C. The molecule has 2 aromatic rings. The third-order valence-electron chi connectivity index (χ3n) is 4.97. The van der Waals surface area contributed by atoms with Gasteiger partial charge in [0.15, 0.2) is 6.10 Å². The molecular weight excluding hydrogens is 344 g/mol. The fourth-order valence-electron chi connectivity index (χ4n) is 3.60. The Morgan fingerprint density at radius 2 is 2.04 bits per heavy atom. The van der Waals surface area contributed by atoms with Crippen molar-refractivity contribution in [3.63, 3.8) is 0 Å². The molecule has 1 aliphatic rings. The van der Waals surface area contributed by atoms with Crippen LogP contribution < -0.4 is 10.1 Å². The summed E-state index contributed by atoms with van der Waals surface area (Å²) in [6, 6.07) is 7.56. The Morgan fingerprint density at radius 1 is 1.30 bits per heavy atom. The molecule has 1 fully saturated rings. The molecule has 27 heavy (non-hydrogen) atoms. The first-order valence-corrected chi connectivity index (χ1v) is 9.48. The molecule has 1 aromatic heterocycles.